The van der Waals surface area contributed by atoms with Gasteiger partial charge in [-0.1, -0.05) is 24.3 Å². The van der Waals surface area contributed by atoms with Crippen LogP contribution in [0.5, 0.6) is 5.75 Å². The summed E-state index contributed by atoms with van der Waals surface area (Å²) < 4.78 is 18.9. The molecule has 0 spiro atoms. The summed E-state index contributed by atoms with van der Waals surface area (Å²) in [5.41, 5.74) is 11.0. The van der Waals surface area contributed by atoms with Crippen molar-refractivity contribution in [2.45, 2.75) is 26.8 Å². The maximum absolute atomic E-state index is 13.4. The van der Waals surface area contributed by atoms with Gasteiger partial charge in [-0.25, -0.2) is 4.39 Å². The molecular weight excluding hydrogens is 253 g/mol. The summed E-state index contributed by atoms with van der Waals surface area (Å²) in [6.45, 7) is 5.79. The molecule has 0 aliphatic carbocycles. The lowest BCUT2D eigenvalue weighted by Crippen LogP contribution is -2.14. The fourth-order valence-corrected chi connectivity index (χ4v) is 2.37. The van der Waals surface area contributed by atoms with Crippen molar-refractivity contribution in [1.82, 2.24) is 0 Å². The number of ether oxygens (including phenoxy) is 1. The molecule has 1 unspecified atom stereocenters. The van der Waals surface area contributed by atoms with E-state index in [1.54, 1.807) is 26.2 Å². The van der Waals surface area contributed by atoms with Crippen molar-refractivity contribution in [2.75, 3.05) is 7.11 Å². The number of nitrogens with two attached hydrogens (primary N) is 1. The molecule has 2 N–H and O–H groups in total. The van der Waals surface area contributed by atoms with Crippen LogP contribution in [0.1, 0.15) is 33.9 Å². The monoisotopic (exact) mass is 273 g/mol. The zero-order chi connectivity index (χ0) is 14.9. The van der Waals surface area contributed by atoms with E-state index >= 15 is 0 Å². The van der Waals surface area contributed by atoms with Gasteiger partial charge in [-0.3, -0.25) is 0 Å². The Morgan fingerprint density at radius 1 is 1.05 bits per heavy atom. The first-order valence-corrected chi connectivity index (χ1v) is 6.61. The van der Waals surface area contributed by atoms with Gasteiger partial charge in [0.05, 0.1) is 13.2 Å². The van der Waals surface area contributed by atoms with E-state index in [1.807, 2.05) is 26.0 Å². The third-order valence-electron chi connectivity index (χ3n) is 3.79. The highest BCUT2D eigenvalue weighted by atomic mass is 19.1. The van der Waals surface area contributed by atoms with Crippen LogP contribution < -0.4 is 10.5 Å². The number of hydrogen-bond acceptors (Lipinski definition) is 2. The number of aryl methyl sites for hydroxylation is 2. The van der Waals surface area contributed by atoms with Gasteiger partial charge in [0.15, 0.2) is 0 Å². The number of rotatable bonds is 3. The van der Waals surface area contributed by atoms with Crippen LogP contribution in [0.25, 0.3) is 0 Å². The second-order valence-corrected chi connectivity index (χ2v) is 5.12. The van der Waals surface area contributed by atoms with E-state index in [9.17, 15) is 4.39 Å². The minimum atomic E-state index is -0.330. The first kappa shape index (κ1) is 14.5. The Balaban J connectivity index is 2.50. The fraction of sp³-hybridized carbons (Fsp3) is 0.294. The van der Waals surface area contributed by atoms with Crippen molar-refractivity contribution < 1.29 is 9.13 Å². The highest BCUT2D eigenvalue weighted by Crippen LogP contribution is 2.33. The van der Waals surface area contributed by atoms with Crippen molar-refractivity contribution in [3.63, 3.8) is 0 Å². The van der Waals surface area contributed by atoms with E-state index in [1.165, 1.54) is 6.07 Å². The van der Waals surface area contributed by atoms with Gasteiger partial charge in [-0.05, 0) is 49.1 Å². The van der Waals surface area contributed by atoms with Gasteiger partial charge in [0.1, 0.15) is 11.6 Å². The number of halogens is 1. The molecule has 2 rings (SSSR count). The molecular formula is C17H20FNO. The standard InChI is InChI=1S/C17H20FNO/c1-10-5-7-14(17(20-4)12(10)3)16(19)13-6-8-15(18)11(2)9-13/h5-9,16H,19H2,1-4H3. The summed E-state index contributed by atoms with van der Waals surface area (Å²) in [6.07, 6.45) is 0. The Hall–Kier alpha value is -1.87. The first-order valence-electron chi connectivity index (χ1n) is 6.61. The predicted octanol–water partition coefficient (Wildman–Crippen LogP) is 3.81. The molecule has 0 radical (unpaired) electrons. The maximum Gasteiger partial charge on any atom is 0.127 e. The molecule has 20 heavy (non-hydrogen) atoms. The second-order valence-electron chi connectivity index (χ2n) is 5.12. The lowest BCUT2D eigenvalue weighted by molar-refractivity contribution is 0.404. The summed E-state index contributed by atoms with van der Waals surface area (Å²) in [7, 11) is 1.65. The van der Waals surface area contributed by atoms with Crippen LogP contribution in [0, 0.1) is 26.6 Å². The second kappa shape index (κ2) is 5.63. The summed E-state index contributed by atoms with van der Waals surface area (Å²) in [4.78, 5) is 0. The van der Waals surface area contributed by atoms with Crippen molar-refractivity contribution >= 4 is 0 Å². The average molecular weight is 273 g/mol. The van der Waals surface area contributed by atoms with Crippen molar-refractivity contribution in [2.24, 2.45) is 5.73 Å². The quantitative estimate of drug-likeness (QED) is 0.923. The zero-order valence-electron chi connectivity index (χ0n) is 12.3. The molecule has 1 atom stereocenters. The third-order valence-corrected chi connectivity index (χ3v) is 3.79. The van der Waals surface area contributed by atoms with E-state index < -0.39 is 0 Å². The van der Waals surface area contributed by atoms with Crippen LogP contribution in [0.15, 0.2) is 30.3 Å². The lowest BCUT2D eigenvalue weighted by Gasteiger charge is -2.19. The van der Waals surface area contributed by atoms with Crippen molar-refractivity contribution in [1.29, 1.82) is 0 Å². The van der Waals surface area contributed by atoms with Gasteiger partial charge in [0, 0.05) is 5.56 Å². The summed E-state index contributed by atoms with van der Waals surface area (Å²) in [6, 6.07) is 8.64. The predicted molar refractivity (Wildman–Crippen MR) is 79.6 cm³/mol. The Kier molecular flexibility index (Phi) is 4.09. The van der Waals surface area contributed by atoms with Gasteiger partial charge < -0.3 is 10.5 Å². The zero-order valence-corrected chi connectivity index (χ0v) is 12.3. The Labute approximate surface area is 119 Å². The molecule has 2 aromatic carbocycles. The Bertz CT molecular complexity index is 637. The van der Waals surface area contributed by atoms with Gasteiger partial charge in [0.2, 0.25) is 0 Å². The molecule has 0 saturated carbocycles. The number of hydrogen-bond donors (Lipinski definition) is 1. The van der Waals surface area contributed by atoms with E-state index in [0.29, 0.717) is 5.56 Å². The lowest BCUT2D eigenvalue weighted by atomic mass is 9.94. The Morgan fingerprint density at radius 2 is 1.75 bits per heavy atom. The minimum absolute atomic E-state index is 0.215. The molecule has 0 fully saturated rings. The highest BCUT2D eigenvalue weighted by molar-refractivity contribution is 5.49. The minimum Gasteiger partial charge on any atom is -0.496 e. The van der Waals surface area contributed by atoms with Gasteiger partial charge >= 0.3 is 0 Å². The molecule has 0 aliphatic heterocycles. The van der Waals surface area contributed by atoms with Crippen LogP contribution in [-0.4, -0.2) is 7.11 Å². The molecule has 2 nitrogen and oxygen atoms in total. The normalized spacial score (nSPS) is 12.3. The summed E-state index contributed by atoms with van der Waals surface area (Å²) in [5.74, 6) is 0.590. The molecule has 0 aromatic heterocycles. The van der Waals surface area contributed by atoms with Crippen LogP contribution >= 0.6 is 0 Å². The smallest absolute Gasteiger partial charge is 0.127 e. The maximum atomic E-state index is 13.4. The topological polar surface area (TPSA) is 35.2 Å². The highest BCUT2D eigenvalue weighted by Gasteiger charge is 2.17. The van der Waals surface area contributed by atoms with E-state index in [4.69, 9.17) is 10.5 Å². The molecule has 0 aliphatic rings. The van der Waals surface area contributed by atoms with Crippen LogP contribution in [0.4, 0.5) is 4.39 Å². The van der Waals surface area contributed by atoms with E-state index in [-0.39, 0.29) is 11.9 Å². The van der Waals surface area contributed by atoms with Gasteiger partial charge in [-0.2, -0.15) is 0 Å². The van der Waals surface area contributed by atoms with Crippen molar-refractivity contribution in [3.8, 4) is 5.75 Å². The largest absolute Gasteiger partial charge is 0.496 e. The molecule has 106 valence electrons. The summed E-state index contributed by atoms with van der Waals surface area (Å²) >= 11 is 0. The molecule has 0 saturated heterocycles. The van der Waals surface area contributed by atoms with Gasteiger partial charge in [0.25, 0.3) is 0 Å². The number of benzene rings is 2. The molecule has 0 heterocycles. The molecule has 2 aromatic rings. The van der Waals surface area contributed by atoms with Crippen LogP contribution in [0.2, 0.25) is 0 Å². The number of methoxy groups -OCH3 is 1. The third kappa shape index (κ3) is 2.54. The van der Waals surface area contributed by atoms with Crippen molar-refractivity contribution in [3.05, 3.63) is 64.0 Å². The molecule has 0 bridgehead atoms. The van der Waals surface area contributed by atoms with Crippen LogP contribution in [-0.2, 0) is 0 Å². The van der Waals surface area contributed by atoms with E-state index in [2.05, 4.69) is 0 Å². The van der Waals surface area contributed by atoms with E-state index in [0.717, 1.165) is 28.0 Å². The van der Waals surface area contributed by atoms with Crippen LogP contribution in [0.3, 0.4) is 0 Å². The molecule has 0 amide bonds. The molecule has 3 heteroatoms. The fourth-order valence-electron chi connectivity index (χ4n) is 2.37. The first-order chi connectivity index (χ1) is 9.45. The van der Waals surface area contributed by atoms with Gasteiger partial charge in [-0.15, -0.1) is 0 Å². The SMILES string of the molecule is COc1c(C(N)c2ccc(F)c(C)c2)ccc(C)c1C. The Morgan fingerprint density at radius 3 is 2.35 bits per heavy atom. The average Bonchev–Trinajstić information content (AvgIpc) is 2.44. The summed E-state index contributed by atoms with van der Waals surface area (Å²) in [5, 5.41) is 0.